The number of benzene rings is 2. The third-order valence-corrected chi connectivity index (χ3v) is 4.93. The first-order valence-corrected chi connectivity index (χ1v) is 10.9. The second-order valence-electron chi connectivity index (χ2n) is 7.43. The number of halogens is 2. The molecule has 0 fully saturated rings. The Labute approximate surface area is 174 Å². The monoisotopic (exact) mass is 401 g/mol. The van der Waals surface area contributed by atoms with Crippen LogP contribution in [0.15, 0.2) is 41.4 Å². The Kier molecular flexibility index (Phi) is 10.4. The van der Waals surface area contributed by atoms with Crippen molar-refractivity contribution < 1.29 is 13.5 Å². The Morgan fingerprint density at radius 3 is 2.21 bits per heavy atom. The minimum atomic E-state index is -0.972. The maximum absolute atomic E-state index is 14.3. The van der Waals surface area contributed by atoms with Gasteiger partial charge in [0.25, 0.3) is 0 Å². The third kappa shape index (κ3) is 7.96. The lowest BCUT2D eigenvalue weighted by molar-refractivity contribution is 0.285. The molecule has 0 saturated carbocycles. The van der Waals surface area contributed by atoms with E-state index in [1.165, 1.54) is 37.0 Å². The highest BCUT2D eigenvalue weighted by atomic mass is 19.2. The summed E-state index contributed by atoms with van der Waals surface area (Å²) in [6.07, 6.45) is 11.6. The Morgan fingerprint density at radius 2 is 1.48 bits per heavy atom. The zero-order valence-electron chi connectivity index (χ0n) is 17.7. The normalized spacial score (nSPS) is 11.3. The fraction of sp³-hybridized carbons (Fsp3) is 0.480. The highest BCUT2D eigenvalue weighted by Gasteiger charge is 2.14. The molecule has 0 heterocycles. The molecule has 0 saturated heterocycles. The van der Waals surface area contributed by atoms with Gasteiger partial charge in [-0.25, -0.2) is 4.39 Å². The van der Waals surface area contributed by atoms with Gasteiger partial charge in [0, 0.05) is 6.21 Å². The van der Waals surface area contributed by atoms with Crippen molar-refractivity contribution in [2.75, 3.05) is 6.61 Å². The van der Waals surface area contributed by atoms with Crippen LogP contribution in [0.25, 0.3) is 0 Å². The lowest BCUT2D eigenvalue weighted by Crippen LogP contribution is -2.01. The molecule has 4 heteroatoms. The van der Waals surface area contributed by atoms with Crippen molar-refractivity contribution in [2.45, 2.75) is 71.6 Å². The largest absolute Gasteiger partial charge is 0.490 e. The number of aryl methyl sites for hydroxylation is 1. The van der Waals surface area contributed by atoms with Crippen LogP contribution in [0, 0.1) is 11.6 Å². The maximum atomic E-state index is 14.3. The van der Waals surface area contributed by atoms with Crippen LogP contribution in [-0.4, -0.2) is 12.8 Å². The van der Waals surface area contributed by atoms with Gasteiger partial charge in [-0.15, -0.1) is 0 Å². The first kappa shape index (κ1) is 23.1. The Morgan fingerprint density at radius 1 is 0.793 bits per heavy atom. The van der Waals surface area contributed by atoms with Gasteiger partial charge in [0.2, 0.25) is 5.82 Å². The number of rotatable bonds is 13. The van der Waals surface area contributed by atoms with E-state index in [1.54, 1.807) is 6.21 Å². The number of aliphatic imine (C=N–C) groups is 1. The molecule has 29 heavy (non-hydrogen) atoms. The van der Waals surface area contributed by atoms with Crippen LogP contribution in [0.2, 0.25) is 0 Å². The number of nitrogens with zero attached hydrogens (tertiary/aromatic N) is 1. The number of ether oxygens (including phenoxy) is 1. The summed E-state index contributed by atoms with van der Waals surface area (Å²) in [5.74, 6) is -1.99. The molecule has 0 aliphatic heterocycles. The molecule has 0 bridgehead atoms. The SMILES string of the molecule is CCCCCCCCOc1ccc(/N=C\c2ccc(CCCC)cc2)c(F)c1F. The molecule has 0 atom stereocenters. The van der Waals surface area contributed by atoms with Crippen LogP contribution >= 0.6 is 0 Å². The lowest BCUT2D eigenvalue weighted by atomic mass is 10.1. The summed E-state index contributed by atoms with van der Waals surface area (Å²) in [7, 11) is 0. The van der Waals surface area contributed by atoms with Crippen molar-refractivity contribution in [1.82, 2.24) is 0 Å². The van der Waals surface area contributed by atoms with Crippen LogP contribution in [0.5, 0.6) is 5.75 Å². The molecular formula is C25H33F2NO. The van der Waals surface area contributed by atoms with Crippen LogP contribution in [0.4, 0.5) is 14.5 Å². The second kappa shape index (κ2) is 13.1. The molecule has 2 nitrogen and oxygen atoms in total. The van der Waals surface area contributed by atoms with E-state index in [0.29, 0.717) is 6.61 Å². The average Bonchev–Trinajstić information content (AvgIpc) is 2.74. The van der Waals surface area contributed by atoms with Gasteiger partial charge in [-0.2, -0.15) is 4.39 Å². The van der Waals surface area contributed by atoms with Gasteiger partial charge in [-0.3, -0.25) is 4.99 Å². The summed E-state index contributed by atoms with van der Waals surface area (Å²) in [4.78, 5) is 4.11. The van der Waals surface area contributed by atoms with E-state index in [4.69, 9.17) is 4.74 Å². The molecule has 0 N–H and O–H groups in total. The van der Waals surface area contributed by atoms with Crippen molar-refractivity contribution in [2.24, 2.45) is 4.99 Å². The zero-order chi connectivity index (χ0) is 20.9. The second-order valence-corrected chi connectivity index (χ2v) is 7.43. The van der Waals surface area contributed by atoms with E-state index in [1.807, 2.05) is 24.3 Å². The summed E-state index contributed by atoms with van der Waals surface area (Å²) in [5.41, 5.74) is 2.10. The molecule has 0 unspecified atom stereocenters. The topological polar surface area (TPSA) is 21.6 Å². The van der Waals surface area contributed by atoms with Gasteiger partial charge in [-0.05, 0) is 42.5 Å². The smallest absolute Gasteiger partial charge is 0.202 e. The van der Waals surface area contributed by atoms with E-state index < -0.39 is 11.6 Å². The molecule has 0 spiro atoms. The fourth-order valence-corrected chi connectivity index (χ4v) is 3.09. The highest BCUT2D eigenvalue weighted by molar-refractivity contribution is 5.82. The summed E-state index contributed by atoms with van der Waals surface area (Å²) in [5, 5.41) is 0. The van der Waals surface area contributed by atoms with E-state index >= 15 is 0 Å². The van der Waals surface area contributed by atoms with Gasteiger partial charge in [0.1, 0.15) is 5.69 Å². The molecule has 0 aliphatic rings. The molecule has 2 rings (SSSR count). The lowest BCUT2D eigenvalue weighted by Gasteiger charge is -2.09. The Hall–Kier alpha value is -2.23. The average molecular weight is 402 g/mol. The van der Waals surface area contributed by atoms with Crippen LogP contribution in [-0.2, 0) is 6.42 Å². The summed E-state index contributed by atoms with van der Waals surface area (Å²) >= 11 is 0. The number of hydrogen-bond donors (Lipinski definition) is 0. The quantitative estimate of drug-likeness (QED) is 0.248. The first-order chi connectivity index (χ1) is 14.2. The Bertz CT molecular complexity index is 756. The first-order valence-electron chi connectivity index (χ1n) is 10.9. The van der Waals surface area contributed by atoms with E-state index in [0.717, 1.165) is 44.1 Å². The molecule has 0 aromatic heterocycles. The van der Waals surface area contributed by atoms with Gasteiger partial charge in [0.05, 0.1) is 6.61 Å². The minimum absolute atomic E-state index is 0.0236. The molecule has 158 valence electrons. The summed E-state index contributed by atoms with van der Waals surface area (Å²) < 4.78 is 34.0. The summed E-state index contributed by atoms with van der Waals surface area (Å²) in [6.45, 7) is 4.74. The number of hydrogen-bond acceptors (Lipinski definition) is 2. The van der Waals surface area contributed by atoms with E-state index in [9.17, 15) is 8.78 Å². The predicted molar refractivity (Wildman–Crippen MR) is 118 cm³/mol. The molecule has 0 aliphatic carbocycles. The molecule has 2 aromatic rings. The van der Waals surface area contributed by atoms with Crippen molar-refractivity contribution >= 4 is 11.9 Å². The van der Waals surface area contributed by atoms with Crippen LogP contribution in [0.1, 0.15) is 76.3 Å². The van der Waals surface area contributed by atoms with E-state index in [-0.39, 0.29) is 11.4 Å². The molecule has 0 amide bonds. The Balaban J connectivity index is 1.88. The predicted octanol–water partition coefficient (Wildman–Crippen LogP) is 7.80. The van der Waals surface area contributed by atoms with Crippen LogP contribution < -0.4 is 4.74 Å². The molecule has 0 radical (unpaired) electrons. The standard InChI is InChI=1S/C25H33F2NO/c1-3-5-7-8-9-10-18-29-23-17-16-22(24(26)25(23)27)28-19-21-14-12-20(13-15-21)11-6-4-2/h12-17,19H,3-11,18H2,1-2H3/b28-19-. The zero-order valence-corrected chi connectivity index (χ0v) is 17.7. The van der Waals surface area contributed by atoms with Crippen LogP contribution in [0.3, 0.4) is 0 Å². The number of unbranched alkanes of at least 4 members (excludes halogenated alkanes) is 6. The van der Waals surface area contributed by atoms with Gasteiger partial charge < -0.3 is 4.74 Å². The minimum Gasteiger partial charge on any atom is -0.490 e. The summed E-state index contributed by atoms with van der Waals surface area (Å²) in [6, 6.07) is 10.9. The maximum Gasteiger partial charge on any atom is 0.202 e. The van der Waals surface area contributed by atoms with E-state index in [2.05, 4.69) is 18.8 Å². The van der Waals surface area contributed by atoms with Crippen molar-refractivity contribution in [3.8, 4) is 5.75 Å². The molecular weight excluding hydrogens is 368 g/mol. The van der Waals surface area contributed by atoms with Gasteiger partial charge in [0.15, 0.2) is 11.6 Å². The van der Waals surface area contributed by atoms with Crippen molar-refractivity contribution in [1.29, 1.82) is 0 Å². The van der Waals surface area contributed by atoms with Crippen molar-refractivity contribution in [3.63, 3.8) is 0 Å². The van der Waals surface area contributed by atoms with Crippen molar-refractivity contribution in [3.05, 3.63) is 59.2 Å². The fourth-order valence-electron chi connectivity index (χ4n) is 3.09. The van der Waals surface area contributed by atoms with Gasteiger partial charge in [-0.1, -0.05) is 76.6 Å². The van der Waals surface area contributed by atoms with Gasteiger partial charge >= 0.3 is 0 Å². The third-order valence-electron chi connectivity index (χ3n) is 4.93. The highest BCUT2D eigenvalue weighted by Crippen LogP contribution is 2.28. The molecule has 2 aromatic carbocycles.